The summed E-state index contributed by atoms with van der Waals surface area (Å²) in [5.74, 6) is 0.0103. The molecule has 3 aromatic carbocycles. The molecule has 0 radical (unpaired) electrons. The van der Waals surface area contributed by atoms with Crippen LogP contribution >= 0.6 is 0 Å². The van der Waals surface area contributed by atoms with Crippen molar-refractivity contribution in [1.29, 1.82) is 0 Å². The molecule has 3 aromatic rings. The Balaban J connectivity index is 1.64. The van der Waals surface area contributed by atoms with Crippen molar-refractivity contribution in [2.75, 3.05) is 10.8 Å². The summed E-state index contributed by atoms with van der Waals surface area (Å²) in [4.78, 5) is 13.4. The van der Waals surface area contributed by atoms with Crippen molar-refractivity contribution in [1.82, 2.24) is 5.32 Å². The Morgan fingerprint density at radius 3 is 2.35 bits per heavy atom. The van der Waals surface area contributed by atoms with E-state index >= 15 is 0 Å². The minimum atomic E-state index is -3.88. The minimum Gasteiger partial charge on any atom is -0.476 e. The lowest BCUT2D eigenvalue weighted by molar-refractivity contribution is -0.128. The maximum Gasteiger partial charge on any atom is 0.264 e. The molecule has 0 aromatic heterocycles. The first-order chi connectivity index (χ1) is 16.1. The molecule has 0 fully saturated rings. The Morgan fingerprint density at radius 2 is 1.65 bits per heavy atom. The average Bonchev–Trinajstić information content (AvgIpc) is 2.81. The molecule has 0 bridgehead atoms. The van der Waals surface area contributed by atoms with Gasteiger partial charge in [-0.3, -0.25) is 9.10 Å². The van der Waals surface area contributed by atoms with Crippen LogP contribution in [0.3, 0.4) is 0 Å². The molecule has 0 aliphatic carbocycles. The molecule has 1 aliphatic heterocycles. The lowest BCUT2D eigenvalue weighted by atomic mass is 9.96. The predicted molar refractivity (Wildman–Crippen MR) is 134 cm³/mol. The summed E-state index contributed by atoms with van der Waals surface area (Å²) in [7, 11) is -3.88. The molecular formula is C27H30N2O4S. The van der Waals surface area contributed by atoms with Crippen LogP contribution in [0.1, 0.15) is 40.8 Å². The normalized spacial score (nSPS) is 16.4. The lowest BCUT2D eigenvalue weighted by Crippen LogP contribution is -2.51. The summed E-state index contributed by atoms with van der Waals surface area (Å²) in [6.45, 7) is 9.83. The van der Waals surface area contributed by atoms with Gasteiger partial charge >= 0.3 is 0 Å². The first-order valence-corrected chi connectivity index (χ1v) is 12.7. The monoisotopic (exact) mass is 478 g/mol. The molecule has 0 saturated carbocycles. The van der Waals surface area contributed by atoms with Crippen molar-refractivity contribution in [3.63, 3.8) is 0 Å². The summed E-state index contributed by atoms with van der Waals surface area (Å²) in [5.41, 5.74) is 5.80. The summed E-state index contributed by atoms with van der Waals surface area (Å²) in [6.07, 6.45) is -0.983. The Hall–Kier alpha value is -3.32. The van der Waals surface area contributed by atoms with Crippen LogP contribution in [0.15, 0.2) is 65.6 Å². The molecule has 178 valence electrons. The number of hydrogen-bond donors (Lipinski definition) is 1. The SMILES string of the molecule is Cc1ccc2c(c1)N(S(=O)(=O)c1ccccc1)C[C@@H](C(=O)N[C@@H](C)c1cc(C)c(C)cc1C)O2. The van der Waals surface area contributed by atoms with Gasteiger partial charge in [-0.15, -0.1) is 0 Å². The van der Waals surface area contributed by atoms with E-state index in [4.69, 9.17) is 4.74 Å². The number of rotatable bonds is 5. The van der Waals surface area contributed by atoms with Gasteiger partial charge in [0.15, 0.2) is 6.10 Å². The third-order valence-corrected chi connectivity index (χ3v) is 8.11. The number of hydrogen-bond acceptors (Lipinski definition) is 4. The standard InChI is InChI=1S/C27H30N2O4S/c1-17-11-12-25-24(13-17)29(34(31,32)22-9-7-6-8-10-22)16-26(33-25)27(30)28-21(5)23-15-19(3)18(2)14-20(23)4/h6-15,21,26H,16H2,1-5H3,(H,28,30)/t21-,26-/m0/s1. The van der Waals surface area contributed by atoms with Gasteiger partial charge in [-0.25, -0.2) is 8.42 Å². The Kier molecular flexibility index (Phi) is 6.41. The maximum absolute atomic E-state index is 13.5. The van der Waals surface area contributed by atoms with E-state index in [1.54, 1.807) is 42.5 Å². The number of ether oxygens (including phenoxy) is 1. The van der Waals surface area contributed by atoms with Gasteiger partial charge in [0.1, 0.15) is 5.75 Å². The van der Waals surface area contributed by atoms with Gasteiger partial charge in [-0.1, -0.05) is 36.4 Å². The summed E-state index contributed by atoms with van der Waals surface area (Å²) in [6, 6.07) is 17.5. The minimum absolute atomic E-state index is 0.113. The molecule has 1 N–H and O–H groups in total. The highest BCUT2D eigenvalue weighted by Gasteiger charge is 2.38. The largest absolute Gasteiger partial charge is 0.476 e. The number of aryl methyl sites for hydroxylation is 4. The molecular weight excluding hydrogens is 448 g/mol. The molecule has 4 rings (SSSR count). The first kappa shape index (κ1) is 23.8. The van der Waals surface area contributed by atoms with Crippen molar-refractivity contribution >= 4 is 21.6 Å². The first-order valence-electron chi connectivity index (χ1n) is 11.3. The Labute approximate surface area is 201 Å². The highest BCUT2D eigenvalue weighted by Crippen LogP contribution is 2.38. The molecule has 34 heavy (non-hydrogen) atoms. The fourth-order valence-electron chi connectivity index (χ4n) is 4.28. The number of carbonyl (C=O) groups is 1. The number of nitrogens with zero attached hydrogens (tertiary/aromatic N) is 1. The van der Waals surface area contributed by atoms with E-state index < -0.39 is 16.1 Å². The van der Waals surface area contributed by atoms with Crippen LogP contribution in [0.5, 0.6) is 5.75 Å². The second kappa shape index (κ2) is 9.14. The van der Waals surface area contributed by atoms with Crippen LogP contribution in [0.25, 0.3) is 0 Å². The van der Waals surface area contributed by atoms with E-state index in [0.717, 1.165) is 22.3 Å². The van der Waals surface area contributed by atoms with E-state index in [9.17, 15) is 13.2 Å². The number of amides is 1. The molecule has 0 unspecified atom stereocenters. The van der Waals surface area contributed by atoms with Gasteiger partial charge in [-0.05, 0) is 86.7 Å². The van der Waals surface area contributed by atoms with Gasteiger partial charge in [-0.2, -0.15) is 0 Å². The Bertz CT molecular complexity index is 1340. The third kappa shape index (κ3) is 4.53. The topological polar surface area (TPSA) is 75.7 Å². The van der Waals surface area contributed by atoms with E-state index in [-0.39, 0.29) is 23.4 Å². The molecule has 7 heteroatoms. The maximum atomic E-state index is 13.5. The van der Waals surface area contributed by atoms with Crippen molar-refractivity contribution in [3.8, 4) is 5.75 Å². The second-order valence-corrected chi connectivity index (χ2v) is 10.8. The van der Waals surface area contributed by atoms with Crippen LogP contribution in [0, 0.1) is 27.7 Å². The van der Waals surface area contributed by atoms with Crippen LogP contribution in [-0.4, -0.2) is 27.0 Å². The van der Waals surface area contributed by atoms with E-state index in [0.29, 0.717) is 11.4 Å². The number of fused-ring (bicyclic) bond motifs is 1. The highest BCUT2D eigenvalue weighted by atomic mass is 32.2. The van der Waals surface area contributed by atoms with E-state index in [1.807, 2.05) is 33.8 Å². The van der Waals surface area contributed by atoms with E-state index in [1.165, 1.54) is 9.87 Å². The smallest absolute Gasteiger partial charge is 0.264 e. The molecule has 6 nitrogen and oxygen atoms in total. The van der Waals surface area contributed by atoms with Crippen molar-refractivity contribution < 1.29 is 17.9 Å². The van der Waals surface area contributed by atoms with Gasteiger partial charge in [0.25, 0.3) is 15.9 Å². The quantitative estimate of drug-likeness (QED) is 0.574. The number of nitrogens with one attached hydrogen (secondary N) is 1. The van der Waals surface area contributed by atoms with Crippen LogP contribution in [0.4, 0.5) is 5.69 Å². The average molecular weight is 479 g/mol. The summed E-state index contributed by atoms with van der Waals surface area (Å²) < 4.78 is 34.3. The van der Waals surface area contributed by atoms with Gasteiger partial charge in [0.05, 0.1) is 23.2 Å². The van der Waals surface area contributed by atoms with E-state index in [2.05, 4.69) is 24.4 Å². The van der Waals surface area contributed by atoms with Gasteiger partial charge < -0.3 is 10.1 Å². The van der Waals surface area contributed by atoms with Crippen LogP contribution in [0.2, 0.25) is 0 Å². The zero-order valence-electron chi connectivity index (χ0n) is 20.1. The molecule has 0 saturated heterocycles. The second-order valence-electron chi connectivity index (χ2n) is 8.95. The molecule has 1 amide bonds. The lowest BCUT2D eigenvalue weighted by Gasteiger charge is -2.35. The number of sulfonamides is 1. The Morgan fingerprint density at radius 1 is 0.971 bits per heavy atom. The summed E-state index contributed by atoms with van der Waals surface area (Å²) >= 11 is 0. The molecule has 2 atom stereocenters. The van der Waals surface area contributed by atoms with Gasteiger partial charge in [0, 0.05) is 0 Å². The third-order valence-electron chi connectivity index (χ3n) is 6.32. The number of benzene rings is 3. The number of anilines is 1. The highest BCUT2D eigenvalue weighted by molar-refractivity contribution is 7.92. The molecule has 1 heterocycles. The predicted octanol–water partition coefficient (Wildman–Crippen LogP) is 4.75. The molecule has 1 aliphatic rings. The summed E-state index contributed by atoms with van der Waals surface area (Å²) in [5, 5.41) is 3.02. The van der Waals surface area contributed by atoms with Crippen molar-refractivity contribution in [3.05, 3.63) is 88.5 Å². The van der Waals surface area contributed by atoms with Crippen molar-refractivity contribution in [2.24, 2.45) is 0 Å². The fraction of sp³-hybridized carbons (Fsp3) is 0.296. The fourth-order valence-corrected chi connectivity index (χ4v) is 5.77. The number of carbonyl (C=O) groups excluding carboxylic acids is 1. The molecule has 0 spiro atoms. The zero-order valence-corrected chi connectivity index (χ0v) is 20.9. The van der Waals surface area contributed by atoms with Crippen LogP contribution < -0.4 is 14.4 Å². The van der Waals surface area contributed by atoms with Crippen LogP contribution in [-0.2, 0) is 14.8 Å². The van der Waals surface area contributed by atoms with Gasteiger partial charge in [0.2, 0.25) is 0 Å². The van der Waals surface area contributed by atoms with Crippen molar-refractivity contribution in [2.45, 2.75) is 51.7 Å². The zero-order chi connectivity index (χ0) is 24.6.